The van der Waals surface area contributed by atoms with Crippen LogP contribution >= 0.6 is 0 Å². The molecule has 2 N–H and O–H groups in total. The number of fused-ring (bicyclic) bond motifs is 1. The van der Waals surface area contributed by atoms with Crippen LogP contribution in [0.5, 0.6) is 0 Å². The van der Waals surface area contributed by atoms with Crippen molar-refractivity contribution in [3.63, 3.8) is 0 Å². The molecule has 0 bridgehead atoms. The molecular formula is C36H41N5O3S. The summed E-state index contributed by atoms with van der Waals surface area (Å²) < 4.78 is 15.2. The quantitative estimate of drug-likeness (QED) is 0.237. The second-order valence-corrected chi connectivity index (χ2v) is 15.1. The Morgan fingerprint density at radius 3 is 2.56 bits per heavy atom. The number of aliphatic hydroxyl groups is 1. The molecule has 1 unspecified atom stereocenters. The van der Waals surface area contributed by atoms with E-state index in [1.54, 1.807) is 6.20 Å². The van der Waals surface area contributed by atoms with E-state index in [-0.39, 0.29) is 24.6 Å². The van der Waals surface area contributed by atoms with Gasteiger partial charge in [-0.1, -0.05) is 54.6 Å². The highest BCUT2D eigenvalue weighted by Crippen LogP contribution is 2.45. The molecule has 0 radical (unpaired) electrons. The molecule has 234 valence electrons. The molecule has 4 heterocycles. The Hall–Kier alpha value is -3.60. The molecular weight excluding hydrogens is 582 g/mol. The van der Waals surface area contributed by atoms with E-state index in [2.05, 4.69) is 45.5 Å². The maximum Gasteiger partial charge on any atom is 0.270 e. The molecule has 6 rings (SSSR count). The SMILES string of the molecule is CC(C)(C)[S+]([O-])N1Cc2cc(C(=O)N[C@@H]3CCN(Cc4ccccc4)C3)nc(-c3cccc(-c4cccnc4)c3)c2[C@@H]1CCO. The normalized spacial score (nSPS) is 19.4. The zero-order chi connectivity index (χ0) is 31.6. The Bertz CT molecular complexity index is 1630. The number of amides is 1. The molecule has 3 atom stereocenters. The Kier molecular flexibility index (Phi) is 9.35. The number of rotatable bonds is 9. The number of likely N-dealkylation sites (tertiary alicyclic amines) is 1. The third-order valence-corrected chi connectivity index (χ3v) is 10.4. The van der Waals surface area contributed by atoms with Crippen LogP contribution in [-0.2, 0) is 24.5 Å². The number of carbonyl (C=O) groups excluding carboxylic acids is 1. The van der Waals surface area contributed by atoms with Crippen molar-refractivity contribution in [3.05, 3.63) is 108 Å². The number of hydrogen-bond donors (Lipinski definition) is 2. The number of nitrogens with one attached hydrogen (secondary N) is 1. The average molecular weight is 624 g/mol. The van der Waals surface area contributed by atoms with Crippen molar-refractivity contribution >= 4 is 17.3 Å². The maximum absolute atomic E-state index is 13.8. The summed E-state index contributed by atoms with van der Waals surface area (Å²) in [6, 6.07) is 24.0. The summed E-state index contributed by atoms with van der Waals surface area (Å²) in [5.41, 5.74) is 6.98. The number of pyridine rings is 2. The first-order valence-electron chi connectivity index (χ1n) is 15.6. The predicted molar refractivity (Wildman–Crippen MR) is 178 cm³/mol. The molecule has 1 saturated heterocycles. The van der Waals surface area contributed by atoms with Gasteiger partial charge in [0.2, 0.25) is 0 Å². The third kappa shape index (κ3) is 6.98. The first-order valence-corrected chi connectivity index (χ1v) is 16.7. The minimum absolute atomic E-state index is 0.0284. The van der Waals surface area contributed by atoms with Crippen LogP contribution in [-0.4, -0.2) is 65.2 Å². The van der Waals surface area contributed by atoms with E-state index in [0.29, 0.717) is 24.4 Å². The summed E-state index contributed by atoms with van der Waals surface area (Å²) in [4.78, 5) is 25.5. The largest absolute Gasteiger partial charge is 0.597 e. The van der Waals surface area contributed by atoms with Gasteiger partial charge in [0.1, 0.15) is 10.4 Å². The van der Waals surface area contributed by atoms with Gasteiger partial charge in [0.25, 0.3) is 5.91 Å². The molecule has 2 aliphatic heterocycles. The number of nitrogens with zero attached hydrogens (tertiary/aromatic N) is 4. The van der Waals surface area contributed by atoms with Crippen molar-refractivity contribution in [2.75, 3.05) is 19.7 Å². The van der Waals surface area contributed by atoms with Crippen molar-refractivity contribution in [3.8, 4) is 22.4 Å². The molecule has 1 fully saturated rings. The van der Waals surface area contributed by atoms with Crippen LogP contribution in [0.2, 0.25) is 0 Å². The second-order valence-electron chi connectivity index (χ2n) is 12.9. The lowest BCUT2D eigenvalue weighted by atomic mass is 9.94. The molecule has 2 aliphatic rings. The number of carbonyl (C=O) groups is 1. The van der Waals surface area contributed by atoms with Crippen molar-refractivity contribution in [1.29, 1.82) is 0 Å². The van der Waals surface area contributed by atoms with E-state index in [1.165, 1.54) is 5.56 Å². The van der Waals surface area contributed by atoms with Gasteiger partial charge in [0, 0.05) is 72.7 Å². The zero-order valence-corrected chi connectivity index (χ0v) is 27.0. The summed E-state index contributed by atoms with van der Waals surface area (Å²) in [5, 5.41) is 13.4. The summed E-state index contributed by atoms with van der Waals surface area (Å²) in [5.74, 6) is -0.205. The Morgan fingerprint density at radius 1 is 1.04 bits per heavy atom. The summed E-state index contributed by atoms with van der Waals surface area (Å²) in [6.07, 6.45) is 4.86. The fraction of sp³-hybridized carbons (Fsp3) is 0.361. The zero-order valence-electron chi connectivity index (χ0n) is 26.1. The van der Waals surface area contributed by atoms with Crippen LogP contribution in [0.1, 0.15) is 66.8 Å². The Balaban J connectivity index is 1.34. The highest BCUT2D eigenvalue weighted by molar-refractivity contribution is 7.90. The van der Waals surface area contributed by atoms with Gasteiger partial charge in [-0.2, -0.15) is 0 Å². The van der Waals surface area contributed by atoms with Gasteiger partial charge >= 0.3 is 0 Å². The molecule has 9 heteroatoms. The summed E-state index contributed by atoms with van der Waals surface area (Å²) in [7, 11) is 0. The highest BCUT2D eigenvalue weighted by atomic mass is 32.2. The van der Waals surface area contributed by atoms with Gasteiger partial charge < -0.3 is 15.0 Å². The average Bonchev–Trinajstić information content (AvgIpc) is 3.64. The standard InChI is InChI=1S/C36H41N5O3S/c1-36(2,3)45(44)41-23-29-20-31(35(43)38-30-14-17-40(24-30)22-25-9-5-4-6-10-25)39-34(33(29)32(41)15-18-42)27-12-7-11-26(19-27)28-13-8-16-37-21-28/h4-13,16,19-21,30,32,42H,14-15,17-18,22-24H2,1-3H3,(H,38,43)/t30-,32+,45?/m1/s1. The van der Waals surface area contributed by atoms with E-state index in [1.807, 2.05) is 73.7 Å². The molecule has 0 saturated carbocycles. The molecule has 45 heavy (non-hydrogen) atoms. The lowest BCUT2D eigenvalue weighted by Gasteiger charge is -2.33. The lowest BCUT2D eigenvalue weighted by Crippen LogP contribution is -2.42. The first-order chi connectivity index (χ1) is 21.7. The number of aromatic nitrogens is 2. The predicted octanol–water partition coefficient (Wildman–Crippen LogP) is 5.52. The van der Waals surface area contributed by atoms with Crippen molar-refractivity contribution in [1.82, 2.24) is 24.5 Å². The van der Waals surface area contributed by atoms with Crippen LogP contribution in [0.4, 0.5) is 0 Å². The Morgan fingerprint density at radius 2 is 1.82 bits per heavy atom. The van der Waals surface area contributed by atoms with Gasteiger partial charge in [0.05, 0.1) is 18.3 Å². The summed E-state index contributed by atoms with van der Waals surface area (Å²) in [6.45, 7) is 8.79. The number of hydrogen-bond acceptors (Lipinski definition) is 7. The van der Waals surface area contributed by atoms with E-state index in [9.17, 15) is 14.5 Å². The van der Waals surface area contributed by atoms with E-state index < -0.39 is 16.1 Å². The number of benzene rings is 2. The molecule has 1 amide bonds. The third-order valence-electron chi connectivity index (χ3n) is 8.51. The van der Waals surface area contributed by atoms with Crippen LogP contribution in [0, 0.1) is 0 Å². The van der Waals surface area contributed by atoms with Crippen molar-refractivity contribution in [2.45, 2.75) is 63.5 Å². The second kappa shape index (κ2) is 13.4. The fourth-order valence-electron chi connectivity index (χ4n) is 6.38. The van der Waals surface area contributed by atoms with Crippen molar-refractivity contribution < 1.29 is 14.5 Å². The van der Waals surface area contributed by atoms with Crippen LogP contribution in [0.3, 0.4) is 0 Å². The monoisotopic (exact) mass is 623 g/mol. The van der Waals surface area contributed by atoms with Crippen LogP contribution in [0.25, 0.3) is 22.4 Å². The highest BCUT2D eigenvalue weighted by Gasteiger charge is 2.45. The van der Waals surface area contributed by atoms with Gasteiger partial charge in [-0.3, -0.25) is 14.7 Å². The summed E-state index contributed by atoms with van der Waals surface area (Å²) >= 11 is -1.33. The fourth-order valence-corrected chi connectivity index (χ4v) is 7.78. The molecule has 0 spiro atoms. The smallest absolute Gasteiger partial charge is 0.270 e. The number of aliphatic hydroxyl groups excluding tert-OH is 1. The molecule has 8 nitrogen and oxygen atoms in total. The van der Waals surface area contributed by atoms with Gasteiger partial charge in [-0.15, -0.1) is 4.31 Å². The molecule has 4 aromatic rings. The maximum atomic E-state index is 13.8. The molecule has 0 aliphatic carbocycles. The van der Waals surface area contributed by atoms with Gasteiger partial charge in [0.15, 0.2) is 0 Å². The lowest BCUT2D eigenvalue weighted by molar-refractivity contribution is 0.0932. The minimum atomic E-state index is -1.33. The topological polar surface area (TPSA) is 105 Å². The Labute approximate surface area is 268 Å². The molecule has 2 aromatic heterocycles. The van der Waals surface area contributed by atoms with Crippen molar-refractivity contribution in [2.24, 2.45) is 0 Å². The van der Waals surface area contributed by atoms with E-state index >= 15 is 0 Å². The minimum Gasteiger partial charge on any atom is -0.597 e. The molecule has 2 aromatic carbocycles. The van der Waals surface area contributed by atoms with Gasteiger partial charge in [-0.25, -0.2) is 4.98 Å². The van der Waals surface area contributed by atoms with E-state index in [4.69, 9.17) is 4.98 Å². The van der Waals surface area contributed by atoms with Crippen LogP contribution in [0.15, 0.2) is 85.2 Å². The van der Waals surface area contributed by atoms with E-state index in [0.717, 1.165) is 53.9 Å². The van der Waals surface area contributed by atoms with Crippen LogP contribution < -0.4 is 5.32 Å². The van der Waals surface area contributed by atoms with Gasteiger partial charge in [-0.05, 0) is 68.5 Å². The first kappa shape index (κ1) is 31.4.